The fourth-order valence-electron chi connectivity index (χ4n) is 2.17. The zero-order valence-electron chi connectivity index (χ0n) is 14.9. The second kappa shape index (κ2) is 8.64. The summed E-state index contributed by atoms with van der Waals surface area (Å²) >= 11 is 0. The molecule has 2 rings (SSSR count). The molecule has 0 radical (unpaired) electrons. The van der Waals surface area contributed by atoms with Crippen LogP contribution in [0.3, 0.4) is 0 Å². The highest BCUT2D eigenvalue weighted by Gasteiger charge is 2.17. The van der Waals surface area contributed by atoms with Crippen LogP contribution >= 0.6 is 0 Å². The van der Waals surface area contributed by atoms with Crippen molar-refractivity contribution in [3.8, 4) is 5.75 Å². The first-order chi connectivity index (χ1) is 12.4. The lowest BCUT2D eigenvalue weighted by molar-refractivity contribution is -0.138. The minimum absolute atomic E-state index is 0.00215. The van der Waals surface area contributed by atoms with Gasteiger partial charge >= 0.3 is 5.97 Å². The molecular weight excluding hydrogens is 354 g/mol. The third-order valence-corrected chi connectivity index (χ3v) is 5.10. The molecule has 0 aliphatic heterocycles. The molecule has 2 aromatic carbocycles. The second-order valence-corrected chi connectivity index (χ2v) is 7.40. The van der Waals surface area contributed by atoms with Gasteiger partial charge in [0.2, 0.25) is 10.0 Å². The summed E-state index contributed by atoms with van der Waals surface area (Å²) in [6.07, 6.45) is 2.75. The van der Waals surface area contributed by atoms with Gasteiger partial charge < -0.3 is 9.47 Å². The normalized spacial score (nSPS) is 11.5. The Morgan fingerprint density at radius 1 is 1.15 bits per heavy atom. The first-order valence-electron chi connectivity index (χ1n) is 7.87. The van der Waals surface area contributed by atoms with E-state index in [2.05, 4.69) is 4.72 Å². The molecule has 0 bridgehead atoms. The van der Waals surface area contributed by atoms with Crippen LogP contribution < -0.4 is 9.46 Å². The predicted octanol–water partition coefficient (Wildman–Crippen LogP) is 2.67. The molecular formula is C19H21NO5S. The van der Waals surface area contributed by atoms with Crippen LogP contribution in [-0.2, 0) is 26.2 Å². The monoisotopic (exact) mass is 375 g/mol. The van der Waals surface area contributed by atoms with Gasteiger partial charge in [-0.05, 0) is 43.3 Å². The largest absolute Gasteiger partial charge is 0.495 e. The quantitative estimate of drug-likeness (QED) is 0.594. The highest BCUT2D eigenvalue weighted by Crippen LogP contribution is 2.25. The Hall–Kier alpha value is -2.64. The van der Waals surface area contributed by atoms with E-state index in [4.69, 9.17) is 9.47 Å². The molecule has 0 saturated heterocycles. The third-order valence-electron chi connectivity index (χ3n) is 3.66. The number of carbonyl (C=O) groups excluding carboxylic acids is 1. The molecule has 0 aliphatic rings. The van der Waals surface area contributed by atoms with Gasteiger partial charge in [0.25, 0.3) is 0 Å². The SMILES string of the molecule is CNS(=O)(=O)c1cc(/C=C/C(=O)OCc2ccc(C)cc2)ccc1OC. The van der Waals surface area contributed by atoms with E-state index in [0.29, 0.717) is 5.56 Å². The average molecular weight is 375 g/mol. The van der Waals surface area contributed by atoms with Gasteiger partial charge in [0.15, 0.2) is 0 Å². The summed E-state index contributed by atoms with van der Waals surface area (Å²) in [5, 5.41) is 0. The number of ether oxygens (including phenoxy) is 2. The first-order valence-corrected chi connectivity index (χ1v) is 9.36. The number of esters is 1. The number of hydrogen-bond donors (Lipinski definition) is 1. The van der Waals surface area contributed by atoms with Gasteiger partial charge in [-0.25, -0.2) is 17.9 Å². The number of rotatable bonds is 7. The zero-order chi connectivity index (χ0) is 19.2. The number of sulfonamides is 1. The maximum atomic E-state index is 12.0. The van der Waals surface area contributed by atoms with Crippen molar-refractivity contribution in [2.45, 2.75) is 18.4 Å². The topological polar surface area (TPSA) is 81.7 Å². The summed E-state index contributed by atoms with van der Waals surface area (Å²) in [4.78, 5) is 11.9. The number of carbonyl (C=O) groups is 1. The molecule has 0 atom stereocenters. The van der Waals surface area contributed by atoms with Crippen LogP contribution in [0.4, 0.5) is 0 Å². The lowest BCUT2D eigenvalue weighted by Gasteiger charge is -2.09. The number of benzene rings is 2. The molecule has 7 heteroatoms. The molecule has 0 aliphatic carbocycles. The molecule has 0 aromatic heterocycles. The Labute approximate surface area is 153 Å². The van der Waals surface area contributed by atoms with E-state index in [-0.39, 0.29) is 17.3 Å². The van der Waals surface area contributed by atoms with Gasteiger partial charge in [0.05, 0.1) is 7.11 Å². The van der Waals surface area contributed by atoms with Crippen LogP contribution in [0.2, 0.25) is 0 Å². The molecule has 0 heterocycles. The summed E-state index contributed by atoms with van der Waals surface area (Å²) in [6, 6.07) is 12.3. The maximum absolute atomic E-state index is 12.0. The van der Waals surface area contributed by atoms with Gasteiger partial charge in [-0.1, -0.05) is 35.9 Å². The maximum Gasteiger partial charge on any atom is 0.331 e. The minimum Gasteiger partial charge on any atom is -0.495 e. The van der Waals surface area contributed by atoms with E-state index in [1.165, 1.54) is 38.4 Å². The van der Waals surface area contributed by atoms with Gasteiger partial charge in [-0.15, -0.1) is 0 Å². The van der Waals surface area contributed by atoms with Crippen LogP contribution in [0, 0.1) is 6.92 Å². The van der Waals surface area contributed by atoms with Crippen LogP contribution in [0.5, 0.6) is 5.75 Å². The summed E-state index contributed by atoms with van der Waals surface area (Å²) in [6.45, 7) is 2.15. The highest BCUT2D eigenvalue weighted by molar-refractivity contribution is 7.89. The average Bonchev–Trinajstić information content (AvgIpc) is 2.65. The van der Waals surface area contributed by atoms with Gasteiger partial charge in [-0.3, -0.25) is 0 Å². The van der Waals surface area contributed by atoms with E-state index in [0.717, 1.165) is 11.1 Å². The fourth-order valence-corrected chi connectivity index (χ4v) is 3.10. The number of hydrogen-bond acceptors (Lipinski definition) is 5. The standard InChI is InChI=1S/C19H21NO5S/c1-14-4-6-16(7-5-14)13-25-19(21)11-9-15-8-10-17(24-3)18(12-15)26(22,23)20-2/h4-12,20H,13H2,1-3H3/b11-9+. The van der Waals surface area contributed by atoms with E-state index >= 15 is 0 Å². The van der Waals surface area contributed by atoms with Crippen molar-refractivity contribution in [3.05, 3.63) is 65.2 Å². The molecule has 1 N–H and O–H groups in total. The lowest BCUT2D eigenvalue weighted by Crippen LogP contribution is -2.19. The fraction of sp³-hybridized carbons (Fsp3) is 0.211. The van der Waals surface area contributed by atoms with E-state index in [1.54, 1.807) is 6.07 Å². The Morgan fingerprint density at radius 3 is 2.46 bits per heavy atom. The first kappa shape index (κ1) is 19.7. The Morgan fingerprint density at radius 2 is 1.85 bits per heavy atom. The summed E-state index contributed by atoms with van der Waals surface area (Å²) in [5.41, 5.74) is 2.56. The molecule has 26 heavy (non-hydrogen) atoms. The zero-order valence-corrected chi connectivity index (χ0v) is 15.7. The van der Waals surface area contributed by atoms with Crippen LogP contribution in [-0.4, -0.2) is 28.5 Å². The molecule has 0 amide bonds. The van der Waals surface area contributed by atoms with Gasteiger partial charge in [0.1, 0.15) is 17.3 Å². The van der Waals surface area contributed by atoms with Crippen molar-refractivity contribution in [1.82, 2.24) is 4.72 Å². The molecule has 0 fully saturated rings. The van der Waals surface area contributed by atoms with E-state index in [1.807, 2.05) is 31.2 Å². The molecule has 0 unspecified atom stereocenters. The highest BCUT2D eigenvalue weighted by atomic mass is 32.2. The van der Waals surface area contributed by atoms with Crippen molar-refractivity contribution in [1.29, 1.82) is 0 Å². The number of nitrogens with one attached hydrogen (secondary N) is 1. The van der Waals surface area contributed by atoms with Gasteiger partial charge in [0, 0.05) is 6.08 Å². The third kappa shape index (κ3) is 5.18. The molecule has 138 valence electrons. The van der Waals surface area contributed by atoms with Gasteiger partial charge in [-0.2, -0.15) is 0 Å². The van der Waals surface area contributed by atoms with Crippen LogP contribution in [0.25, 0.3) is 6.08 Å². The summed E-state index contributed by atoms with van der Waals surface area (Å²) in [5.74, 6) is -0.294. The van der Waals surface area contributed by atoms with E-state index in [9.17, 15) is 13.2 Å². The number of methoxy groups -OCH3 is 1. The summed E-state index contributed by atoms with van der Waals surface area (Å²) in [7, 11) is -0.967. The lowest BCUT2D eigenvalue weighted by atomic mass is 10.2. The number of aryl methyl sites for hydroxylation is 1. The van der Waals surface area contributed by atoms with Crippen LogP contribution in [0.1, 0.15) is 16.7 Å². The Kier molecular flexibility index (Phi) is 6.54. The van der Waals surface area contributed by atoms with Crippen molar-refractivity contribution in [2.24, 2.45) is 0 Å². The van der Waals surface area contributed by atoms with Crippen molar-refractivity contribution < 1.29 is 22.7 Å². The molecule has 0 saturated carbocycles. The molecule has 0 spiro atoms. The second-order valence-electron chi connectivity index (χ2n) is 5.54. The summed E-state index contributed by atoms with van der Waals surface area (Å²) < 4.78 is 36.6. The van der Waals surface area contributed by atoms with Crippen molar-refractivity contribution in [2.75, 3.05) is 14.2 Å². The predicted molar refractivity (Wildman–Crippen MR) is 99.2 cm³/mol. The molecule has 2 aromatic rings. The van der Waals surface area contributed by atoms with Crippen molar-refractivity contribution >= 4 is 22.1 Å². The molecule has 6 nitrogen and oxygen atoms in total. The van der Waals surface area contributed by atoms with Crippen LogP contribution in [0.15, 0.2) is 53.4 Å². The smallest absolute Gasteiger partial charge is 0.331 e. The minimum atomic E-state index is -3.68. The Balaban J connectivity index is 2.08. The Bertz CT molecular complexity index is 902. The van der Waals surface area contributed by atoms with E-state index < -0.39 is 16.0 Å². The van der Waals surface area contributed by atoms with Crippen molar-refractivity contribution in [3.63, 3.8) is 0 Å².